The van der Waals surface area contributed by atoms with Crippen LogP contribution in [0.5, 0.6) is 0 Å². The molecular weight excluding hydrogens is 773 g/mol. The van der Waals surface area contributed by atoms with Crippen LogP contribution in [-0.2, 0) is 0 Å². The molecule has 0 atom stereocenters. The molecule has 0 fully saturated rings. The number of hydrogen-bond donors (Lipinski definition) is 0. The van der Waals surface area contributed by atoms with Gasteiger partial charge in [0.25, 0.3) is 0 Å². The molecule has 13 aromatic carbocycles. The molecular formula is C62H40Si. The fourth-order valence-corrected chi connectivity index (χ4v) is 16.1. The van der Waals surface area contributed by atoms with Gasteiger partial charge in [-0.2, -0.15) is 0 Å². The molecule has 0 aliphatic carbocycles. The van der Waals surface area contributed by atoms with Gasteiger partial charge in [-0.3, -0.25) is 0 Å². The zero-order chi connectivity index (χ0) is 41.5. The lowest BCUT2D eigenvalue weighted by molar-refractivity contribution is 1.60. The first-order chi connectivity index (χ1) is 31.2. The molecule has 0 unspecified atom stereocenters. The summed E-state index contributed by atoms with van der Waals surface area (Å²) in [7, 11) is -2.97. The minimum atomic E-state index is -2.97. The largest absolute Gasteiger partial charge is 0.180 e. The van der Waals surface area contributed by atoms with Crippen molar-refractivity contribution in [3.05, 3.63) is 243 Å². The average Bonchev–Trinajstić information content (AvgIpc) is 3.36. The number of rotatable bonds is 7. The van der Waals surface area contributed by atoms with Crippen LogP contribution in [0.3, 0.4) is 0 Å². The molecule has 292 valence electrons. The van der Waals surface area contributed by atoms with E-state index in [1.165, 1.54) is 119 Å². The van der Waals surface area contributed by atoms with Crippen LogP contribution in [0.4, 0.5) is 0 Å². The van der Waals surface area contributed by atoms with Crippen molar-refractivity contribution < 1.29 is 0 Å². The predicted octanol–water partition coefficient (Wildman–Crippen LogP) is 13.9. The van der Waals surface area contributed by atoms with Gasteiger partial charge in [0.05, 0.1) is 0 Å². The third-order valence-corrected chi connectivity index (χ3v) is 18.7. The van der Waals surface area contributed by atoms with E-state index in [2.05, 4.69) is 243 Å². The van der Waals surface area contributed by atoms with E-state index in [0.717, 1.165) is 0 Å². The van der Waals surface area contributed by atoms with Crippen molar-refractivity contribution in [2.75, 3.05) is 0 Å². The van der Waals surface area contributed by atoms with Crippen molar-refractivity contribution in [3.8, 4) is 33.4 Å². The molecule has 0 amide bonds. The Hall–Kier alpha value is -7.84. The summed E-state index contributed by atoms with van der Waals surface area (Å²) in [5.74, 6) is 0. The van der Waals surface area contributed by atoms with E-state index in [4.69, 9.17) is 0 Å². The molecule has 0 nitrogen and oxygen atoms in total. The maximum atomic E-state index is 2.57. The van der Waals surface area contributed by atoms with Gasteiger partial charge >= 0.3 is 0 Å². The highest BCUT2D eigenvalue weighted by atomic mass is 28.3. The minimum Gasteiger partial charge on any atom is -0.0623 e. The van der Waals surface area contributed by atoms with Crippen molar-refractivity contribution in [3.63, 3.8) is 0 Å². The quantitative estimate of drug-likeness (QED) is 0.0854. The first-order valence-corrected chi connectivity index (χ1v) is 24.0. The lowest BCUT2D eigenvalue weighted by Gasteiger charge is -2.36. The van der Waals surface area contributed by atoms with Gasteiger partial charge < -0.3 is 0 Å². The second-order valence-electron chi connectivity index (χ2n) is 17.1. The average molecular weight is 813 g/mol. The maximum absolute atomic E-state index is 2.97. The van der Waals surface area contributed by atoms with Crippen LogP contribution >= 0.6 is 0 Å². The molecule has 0 aliphatic rings. The smallest absolute Gasteiger partial charge is 0.0623 e. The predicted molar refractivity (Wildman–Crippen MR) is 274 cm³/mol. The second-order valence-corrected chi connectivity index (χ2v) is 20.9. The van der Waals surface area contributed by atoms with Gasteiger partial charge in [-0.1, -0.05) is 243 Å². The molecule has 63 heavy (non-hydrogen) atoms. The standard InChI is InChI=1S/C62H40Si/c1-4-16-50(17-5-1)63(51-18-6-2-7-19-51,52-20-8-3-9-21-52)58-40-49(54-36-31-48-29-27-44-13-11-15-46-33-39-57(54)62(48)60(44)46)34-37-55(58)42-24-22-41(23-25-42)53-35-30-47-28-26-43-12-10-14-45-32-38-56(53)61(47)59(43)45/h1-40H. The normalized spacial score (nSPS) is 12.1. The third-order valence-electron chi connectivity index (χ3n) is 13.9. The lowest BCUT2D eigenvalue weighted by atomic mass is 9.89. The van der Waals surface area contributed by atoms with Gasteiger partial charge in [-0.25, -0.2) is 0 Å². The maximum Gasteiger partial charge on any atom is 0.180 e. The molecule has 0 saturated carbocycles. The Morgan fingerprint density at radius 2 is 0.556 bits per heavy atom. The summed E-state index contributed by atoms with van der Waals surface area (Å²) in [6.07, 6.45) is 0. The van der Waals surface area contributed by atoms with Crippen molar-refractivity contribution >= 4 is 93.5 Å². The summed E-state index contributed by atoms with van der Waals surface area (Å²) in [5.41, 5.74) is 7.46. The highest BCUT2D eigenvalue weighted by Gasteiger charge is 2.43. The van der Waals surface area contributed by atoms with E-state index in [1.54, 1.807) is 0 Å². The molecule has 0 spiro atoms. The Kier molecular flexibility index (Phi) is 8.03. The van der Waals surface area contributed by atoms with Crippen LogP contribution in [0.15, 0.2) is 243 Å². The molecule has 0 radical (unpaired) electrons. The Morgan fingerprint density at radius 3 is 1.00 bits per heavy atom. The topological polar surface area (TPSA) is 0 Å². The summed E-state index contributed by atoms with van der Waals surface area (Å²) >= 11 is 0. The SMILES string of the molecule is c1ccc([Si](c2ccccc2)(c2ccccc2)c2cc(-c3ccc4ccc5cccc6ccc3c4c56)ccc2-c2ccc(-c3ccc4ccc5cccc6ccc3c4c56)cc2)cc1. The zero-order valence-corrected chi connectivity index (χ0v) is 35.6. The highest BCUT2D eigenvalue weighted by Crippen LogP contribution is 2.42. The summed E-state index contributed by atoms with van der Waals surface area (Å²) in [6.45, 7) is 0. The first-order valence-electron chi connectivity index (χ1n) is 22.0. The van der Waals surface area contributed by atoms with Crippen LogP contribution in [-0.4, -0.2) is 8.07 Å². The third kappa shape index (κ3) is 5.40. The summed E-state index contributed by atoms with van der Waals surface area (Å²) < 4.78 is 0. The van der Waals surface area contributed by atoms with Crippen molar-refractivity contribution in [2.24, 2.45) is 0 Å². The Balaban J connectivity index is 1.07. The minimum absolute atomic E-state index is 1.22. The monoisotopic (exact) mass is 812 g/mol. The summed E-state index contributed by atoms with van der Waals surface area (Å²) in [5, 5.41) is 21.2. The fraction of sp³-hybridized carbons (Fsp3) is 0. The number of hydrogen-bond acceptors (Lipinski definition) is 0. The van der Waals surface area contributed by atoms with Gasteiger partial charge in [-0.05, 0) is 119 Å². The van der Waals surface area contributed by atoms with E-state index < -0.39 is 8.07 Å². The van der Waals surface area contributed by atoms with Gasteiger partial charge in [0.1, 0.15) is 0 Å². The molecule has 0 bridgehead atoms. The van der Waals surface area contributed by atoms with E-state index in [0.29, 0.717) is 0 Å². The molecule has 0 aromatic heterocycles. The van der Waals surface area contributed by atoms with E-state index >= 15 is 0 Å². The summed E-state index contributed by atoms with van der Waals surface area (Å²) in [4.78, 5) is 0. The van der Waals surface area contributed by atoms with Crippen LogP contribution in [0.2, 0.25) is 0 Å². The van der Waals surface area contributed by atoms with Crippen LogP contribution in [0.1, 0.15) is 0 Å². The Bertz CT molecular complexity index is 3690. The summed E-state index contributed by atoms with van der Waals surface area (Å²) in [6, 6.07) is 91.7. The van der Waals surface area contributed by atoms with Gasteiger partial charge in [-0.15, -0.1) is 0 Å². The zero-order valence-electron chi connectivity index (χ0n) is 34.6. The van der Waals surface area contributed by atoms with E-state index in [-0.39, 0.29) is 0 Å². The van der Waals surface area contributed by atoms with Crippen LogP contribution < -0.4 is 20.7 Å². The van der Waals surface area contributed by atoms with Crippen molar-refractivity contribution in [1.29, 1.82) is 0 Å². The van der Waals surface area contributed by atoms with Crippen LogP contribution in [0, 0.1) is 0 Å². The van der Waals surface area contributed by atoms with Gasteiger partial charge in [0.2, 0.25) is 0 Å². The van der Waals surface area contributed by atoms with E-state index in [9.17, 15) is 0 Å². The lowest BCUT2D eigenvalue weighted by Crippen LogP contribution is -2.75. The molecule has 13 aromatic rings. The Labute approximate surface area is 367 Å². The fourth-order valence-electron chi connectivity index (χ4n) is 11.1. The molecule has 0 saturated heterocycles. The van der Waals surface area contributed by atoms with Gasteiger partial charge in [0, 0.05) is 0 Å². The Morgan fingerprint density at radius 1 is 0.222 bits per heavy atom. The van der Waals surface area contributed by atoms with Crippen LogP contribution in [0.25, 0.3) is 98.0 Å². The van der Waals surface area contributed by atoms with Crippen molar-refractivity contribution in [2.45, 2.75) is 0 Å². The molecule has 0 N–H and O–H groups in total. The highest BCUT2D eigenvalue weighted by molar-refractivity contribution is 7.20. The van der Waals surface area contributed by atoms with Gasteiger partial charge in [0.15, 0.2) is 8.07 Å². The first kappa shape index (κ1) is 35.9. The van der Waals surface area contributed by atoms with Crippen molar-refractivity contribution in [1.82, 2.24) is 0 Å². The molecule has 0 aliphatic heterocycles. The van der Waals surface area contributed by atoms with E-state index in [1.807, 2.05) is 0 Å². The second kappa shape index (κ2) is 14.1. The molecule has 0 heterocycles. The molecule has 13 rings (SSSR count). The number of benzene rings is 13. The molecule has 1 heteroatoms.